The molecule has 0 fully saturated rings. The molecule has 0 saturated heterocycles. The lowest BCUT2D eigenvalue weighted by atomic mass is 10.0. The standard InChI is InChI=1S/C21H16IN5O4/c22-17-15-19(27(11-14(28)29)21(23)24-15)26-18(25-17)20(30)31-16(12-7-3-1-4-8-12)13-9-5-2-6-10-13/h1-10,16H,11H2,(H2,23,24)(H,28,29). The quantitative estimate of drug-likeness (QED) is 0.221. The molecule has 31 heavy (non-hydrogen) atoms. The lowest BCUT2D eigenvalue weighted by molar-refractivity contribution is -0.137. The van der Waals surface area contributed by atoms with E-state index in [1.165, 1.54) is 4.57 Å². The fourth-order valence-corrected chi connectivity index (χ4v) is 3.70. The summed E-state index contributed by atoms with van der Waals surface area (Å²) in [5.74, 6) is -2.10. The van der Waals surface area contributed by atoms with Gasteiger partial charge in [-0.25, -0.2) is 19.7 Å². The van der Waals surface area contributed by atoms with Crippen LogP contribution < -0.4 is 5.73 Å². The normalized spacial score (nSPS) is 11.0. The van der Waals surface area contributed by atoms with Crippen LogP contribution in [0.15, 0.2) is 60.7 Å². The van der Waals surface area contributed by atoms with Crippen molar-refractivity contribution in [2.45, 2.75) is 12.6 Å². The summed E-state index contributed by atoms with van der Waals surface area (Å²) in [4.78, 5) is 36.7. The molecule has 0 aliphatic carbocycles. The first kappa shape index (κ1) is 20.7. The Kier molecular flexibility index (Phi) is 5.80. The van der Waals surface area contributed by atoms with Gasteiger partial charge in [-0.3, -0.25) is 9.36 Å². The number of imidazole rings is 1. The molecule has 0 amide bonds. The third-order valence-electron chi connectivity index (χ3n) is 4.49. The number of carboxylic acid groups (broad SMARTS) is 1. The van der Waals surface area contributed by atoms with Gasteiger partial charge in [-0.2, -0.15) is 0 Å². The molecule has 2 heterocycles. The van der Waals surface area contributed by atoms with E-state index in [2.05, 4.69) is 15.0 Å². The summed E-state index contributed by atoms with van der Waals surface area (Å²) in [6.45, 7) is -0.444. The minimum Gasteiger partial charge on any atom is -0.480 e. The summed E-state index contributed by atoms with van der Waals surface area (Å²) in [6, 6.07) is 18.6. The van der Waals surface area contributed by atoms with Gasteiger partial charge in [0.05, 0.1) is 0 Å². The van der Waals surface area contributed by atoms with Gasteiger partial charge in [-0.05, 0) is 33.7 Å². The number of fused-ring (bicyclic) bond motifs is 1. The Morgan fingerprint density at radius 3 is 2.13 bits per heavy atom. The summed E-state index contributed by atoms with van der Waals surface area (Å²) in [5.41, 5.74) is 7.88. The minimum absolute atomic E-state index is 0.0263. The van der Waals surface area contributed by atoms with Gasteiger partial charge in [0, 0.05) is 0 Å². The van der Waals surface area contributed by atoms with E-state index in [4.69, 9.17) is 15.6 Å². The van der Waals surface area contributed by atoms with Crippen LogP contribution in [0, 0.1) is 3.70 Å². The van der Waals surface area contributed by atoms with E-state index in [0.717, 1.165) is 11.1 Å². The number of carbonyl (C=O) groups excluding carboxylic acids is 1. The number of carbonyl (C=O) groups is 2. The average molecular weight is 529 g/mol. The van der Waals surface area contributed by atoms with Crippen molar-refractivity contribution in [3.8, 4) is 0 Å². The minimum atomic E-state index is -1.11. The molecule has 0 radical (unpaired) electrons. The van der Waals surface area contributed by atoms with Crippen LogP contribution in [0.2, 0.25) is 0 Å². The number of nitrogens with zero attached hydrogens (tertiary/aromatic N) is 4. The Bertz CT molecular complexity index is 1220. The summed E-state index contributed by atoms with van der Waals surface area (Å²) >= 11 is 1.90. The van der Waals surface area contributed by atoms with Crippen molar-refractivity contribution < 1.29 is 19.4 Å². The molecule has 0 unspecified atom stereocenters. The third-order valence-corrected chi connectivity index (χ3v) is 5.24. The highest BCUT2D eigenvalue weighted by atomic mass is 127. The van der Waals surface area contributed by atoms with E-state index in [0.29, 0.717) is 9.22 Å². The molecule has 10 heteroatoms. The van der Waals surface area contributed by atoms with Gasteiger partial charge in [-0.15, -0.1) is 0 Å². The number of rotatable bonds is 6. The molecule has 0 atom stereocenters. The highest BCUT2D eigenvalue weighted by molar-refractivity contribution is 14.1. The lowest BCUT2D eigenvalue weighted by Crippen LogP contribution is -2.17. The Balaban J connectivity index is 1.73. The number of benzene rings is 2. The van der Waals surface area contributed by atoms with Crippen LogP contribution in [-0.4, -0.2) is 36.6 Å². The predicted octanol–water partition coefficient (Wildman–Crippen LogP) is 3.04. The van der Waals surface area contributed by atoms with Crippen LogP contribution in [0.25, 0.3) is 11.2 Å². The molecule has 4 aromatic rings. The first-order valence-corrected chi connectivity index (χ1v) is 10.2. The number of hydrogen-bond donors (Lipinski definition) is 2. The van der Waals surface area contributed by atoms with Gasteiger partial charge in [-0.1, -0.05) is 60.7 Å². The van der Waals surface area contributed by atoms with Gasteiger partial charge in [0.2, 0.25) is 11.8 Å². The second-order valence-corrected chi connectivity index (χ2v) is 7.59. The molecule has 9 nitrogen and oxygen atoms in total. The SMILES string of the molecule is Nc1nc2c(I)nc(C(=O)OC(c3ccccc3)c3ccccc3)nc2n1CC(=O)O. The molecule has 0 saturated carbocycles. The van der Waals surface area contributed by atoms with Gasteiger partial charge >= 0.3 is 11.9 Å². The second-order valence-electron chi connectivity index (χ2n) is 6.57. The number of nitrogens with two attached hydrogens (primary N) is 1. The largest absolute Gasteiger partial charge is 0.480 e. The van der Waals surface area contributed by atoms with Gasteiger partial charge < -0.3 is 15.6 Å². The van der Waals surface area contributed by atoms with Crippen molar-refractivity contribution >= 4 is 51.6 Å². The van der Waals surface area contributed by atoms with Crippen molar-refractivity contribution in [3.05, 3.63) is 81.3 Å². The number of esters is 1. The fraction of sp³-hybridized carbons (Fsp3) is 0.0952. The number of aromatic nitrogens is 4. The summed E-state index contributed by atoms with van der Waals surface area (Å²) in [7, 11) is 0. The van der Waals surface area contributed by atoms with Crippen LogP contribution in [0.1, 0.15) is 27.8 Å². The van der Waals surface area contributed by atoms with E-state index in [1.54, 1.807) is 0 Å². The highest BCUT2D eigenvalue weighted by Gasteiger charge is 2.24. The number of halogens is 1. The number of nitrogen functional groups attached to an aromatic ring is 1. The Morgan fingerprint density at radius 2 is 1.58 bits per heavy atom. The molecular formula is C21H16IN5O4. The molecule has 3 N–H and O–H groups in total. The third kappa shape index (κ3) is 4.33. The van der Waals surface area contributed by atoms with Crippen LogP contribution >= 0.6 is 22.6 Å². The van der Waals surface area contributed by atoms with E-state index in [9.17, 15) is 9.59 Å². The number of anilines is 1. The molecule has 2 aromatic carbocycles. The van der Waals surface area contributed by atoms with E-state index in [1.807, 2.05) is 83.3 Å². The maximum Gasteiger partial charge on any atom is 0.377 e. The smallest absolute Gasteiger partial charge is 0.377 e. The molecule has 0 aliphatic rings. The zero-order chi connectivity index (χ0) is 22.0. The summed E-state index contributed by atoms with van der Waals surface area (Å²) < 4.78 is 7.37. The molecule has 0 aliphatic heterocycles. The predicted molar refractivity (Wildman–Crippen MR) is 120 cm³/mol. The summed E-state index contributed by atoms with van der Waals surface area (Å²) in [6.07, 6.45) is -0.666. The molecular weight excluding hydrogens is 513 g/mol. The average Bonchev–Trinajstić information content (AvgIpc) is 3.08. The fourth-order valence-electron chi connectivity index (χ4n) is 3.11. The van der Waals surface area contributed by atoms with Crippen molar-refractivity contribution in [1.29, 1.82) is 0 Å². The highest BCUT2D eigenvalue weighted by Crippen LogP contribution is 2.27. The van der Waals surface area contributed by atoms with Crippen LogP contribution in [0.4, 0.5) is 5.95 Å². The maximum absolute atomic E-state index is 13.0. The van der Waals surface area contributed by atoms with Crippen molar-refractivity contribution in [2.24, 2.45) is 0 Å². The number of hydrogen-bond acceptors (Lipinski definition) is 7. The van der Waals surface area contributed by atoms with Crippen LogP contribution in [0.3, 0.4) is 0 Å². The molecule has 4 rings (SSSR count). The topological polar surface area (TPSA) is 133 Å². The van der Waals surface area contributed by atoms with Gasteiger partial charge in [0.1, 0.15) is 15.8 Å². The zero-order valence-corrected chi connectivity index (χ0v) is 18.1. The molecule has 156 valence electrons. The molecule has 0 bridgehead atoms. The van der Waals surface area contributed by atoms with Crippen molar-refractivity contribution in [3.63, 3.8) is 0 Å². The maximum atomic E-state index is 13.0. The monoisotopic (exact) mass is 529 g/mol. The second kappa shape index (κ2) is 8.68. The van der Waals surface area contributed by atoms with Crippen LogP contribution in [-0.2, 0) is 16.1 Å². The zero-order valence-electron chi connectivity index (χ0n) is 16.0. The number of aliphatic carboxylic acids is 1. The van der Waals surface area contributed by atoms with E-state index >= 15 is 0 Å². The van der Waals surface area contributed by atoms with Crippen LogP contribution in [0.5, 0.6) is 0 Å². The number of carboxylic acids is 1. The number of ether oxygens (including phenoxy) is 1. The Hall–Kier alpha value is -3.54. The van der Waals surface area contributed by atoms with Gasteiger partial charge in [0.25, 0.3) is 0 Å². The summed E-state index contributed by atoms with van der Waals surface area (Å²) in [5, 5.41) is 9.15. The Morgan fingerprint density at radius 1 is 1.00 bits per heavy atom. The van der Waals surface area contributed by atoms with Gasteiger partial charge in [0.15, 0.2) is 11.8 Å². The van der Waals surface area contributed by atoms with E-state index < -0.39 is 24.6 Å². The Labute approximate surface area is 190 Å². The van der Waals surface area contributed by atoms with Crippen molar-refractivity contribution in [1.82, 2.24) is 19.5 Å². The first-order chi connectivity index (χ1) is 14.9. The molecule has 0 spiro atoms. The lowest BCUT2D eigenvalue weighted by Gasteiger charge is -2.18. The van der Waals surface area contributed by atoms with E-state index in [-0.39, 0.29) is 17.4 Å². The molecule has 2 aromatic heterocycles. The first-order valence-electron chi connectivity index (χ1n) is 9.16. The van der Waals surface area contributed by atoms with Crippen molar-refractivity contribution in [2.75, 3.05) is 5.73 Å².